The van der Waals surface area contributed by atoms with Gasteiger partial charge in [0.05, 0.1) is 12.8 Å². The van der Waals surface area contributed by atoms with Crippen LogP contribution in [0.2, 0.25) is 0 Å². The molecule has 2 saturated carbocycles. The zero-order chi connectivity index (χ0) is 23.9. The molecule has 0 heterocycles. The van der Waals surface area contributed by atoms with Crippen molar-refractivity contribution in [3.63, 3.8) is 0 Å². The van der Waals surface area contributed by atoms with Crippen LogP contribution >= 0.6 is 0 Å². The minimum atomic E-state index is 0.122. The van der Waals surface area contributed by atoms with Gasteiger partial charge in [0.25, 0.3) is 0 Å². The van der Waals surface area contributed by atoms with Crippen molar-refractivity contribution in [2.75, 3.05) is 0 Å². The maximum atomic E-state index is 12.5. The maximum absolute atomic E-state index is 12.5. The summed E-state index contributed by atoms with van der Waals surface area (Å²) in [5.41, 5.74) is 4.32. The Balaban J connectivity index is 1.28. The highest BCUT2D eigenvalue weighted by Crippen LogP contribution is 2.25. The lowest BCUT2D eigenvalue weighted by molar-refractivity contribution is -0.122. The average Bonchev–Trinajstić information content (AvgIpc) is 2.83. The third-order valence-corrected chi connectivity index (χ3v) is 7.89. The second kappa shape index (κ2) is 11.7. The molecule has 0 aromatic heterocycles. The first-order chi connectivity index (χ1) is 16.5. The van der Waals surface area contributed by atoms with E-state index in [-0.39, 0.29) is 11.8 Å². The van der Waals surface area contributed by atoms with Crippen molar-refractivity contribution in [1.29, 1.82) is 0 Å². The average molecular weight is 461 g/mol. The van der Waals surface area contributed by atoms with Gasteiger partial charge in [-0.25, -0.2) is 0 Å². The molecule has 0 saturated heterocycles. The van der Waals surface area contributed by atoms with Gasteiger partial charge in [-0.05, 0) is 59.8 Å². The van der Waals surface area contributed by atoms with Crippen LogP contribution in [0.15, 0.2) is 48.5 Å². The summed E-state index contributed by atoms with van der Waals surface area (Å²) >= 11 is 0. The number of amides is 2. The number of rotatable bonds is 7. The van der Waals surface area contributed by atoms with Gasteiger partial charge in [-0.15, -0.1) is 0 Å². The SMILES string of the molecule is CC1CCCCC1NC(=O)Cc1ccc(-c2ccc(CC(=O)NC3CCCCC3C)cc2)cc1. The Morgan fingerprint density at radius 1 is 0.618 bits per heavy atom. The van der Waals surface area contributed by atoms with Gasteiger partial charge in [-0.2, -0.15) is 0 Å². The number of hydrogen-bond donors (Lipinski definition) is 2. The van der Waals surface area contributed by atoms with Crippen molar-refractivity contribution in [2.24, 2.45) is 11.8 Å². The van der Waals surface area contributed by atoms with Gasteiger partial charge in [0.2, 0.25) is 11.8 Å². The number of benzene rings is 2. The zero-order valence-corrected chi connectivity index (χ0v) is 20.8. The Labute approximate surface area is 204 Å². The Kier molecular flexibility index (Phi) is 8.42. The van der Waals surface area contributed by atoms with Crippen LogP contribution < -0.4 is 10.6 Å². The fourth-order valence-electron chi connectivity index (χ4n) is 5.58. The number of carbonyl (C=O) groups is 2. The molecule has 0 radical (unpaired) electrons. The molecule has 4 nitrogen and oxygen atoms in total. The first kappa shape index (κ1) is 24.5. The first-order valence-corrected chi connectivity index (χ1v) is 13.2. The van der Waals surface area contributed by atoms with Gasteiger partial charge in [0, 0.05) is 12.1 Å². The summed E-state index contributed by atoms with van der Waals surface area (Å²) in [5, 5.41) is 6.48. The van der Waals surface area contributed by atoms with Crippen LogP contribution in [0.1, 0.15) is 76.3 Å². The highest BCUT2D eigenvalue weighted by molar-refractivity contribution is 5.80. The molecule has 4 heteroatoms. The predicted octanol–water partition coefficient (Wildman–Crippen LogP) is 5.83. The van der Waals surface area contributed by atoms with Crippen LogP contribution in [0.5, 0.6) is 0 Å². The Hall–Kier alpha value is -2.62. The van der Waals surface area contributed by atoms with Gasteiger partial charge >= 0.3 is 0 Å². The minimum absolute atomic E-state index is 0.122. The van der Waals surface area contributed by atoms with Crippen LogP contribution in [0.25, 0.3) is 11.1 Å². The van der Waals surface area contributed by atoms with Crippen molar-refractivity contribution in [2.45, 2.75) is 90.1 Å². The number of carbonyl (C=O) groups excluding carboxylic acids is 2. The van der Waals surface area contributed by atoms with Crippen LogP contribution in [-0.2, 0) is 22.4 Å². The van der Waals surface area contributed by atoms with Crippen molar-refractivity contribution in [3.8, 4) is 11.1 Å². The quantitative estimate of drug-likeness (QED) is 0.546. The van der Waals surface area contributed by atoms with E-state index in [2.05, 4.69) is 48.7 Å². The van der Waals surface area contributed by atoms with Crippen molar-refractivity contribution in [3.05, 3.63) is 59.7 Å². The summed E-state index contributed by atoms with van der Waals surface area (Å²) in [6, 6.07) is 17.2. The van der Waals surface area contributed by atoms with E-state index in [0.717, 1.165) is 35.1 Å². The molecule has 0 aliphatic heterocycles. The van der Waals surface area contributed by atoms with E-state index in [1.165, 1.54) is 38.5 Å². The molecule has 2 N–H and O–H groups in total. The minimum Gasteiger partial charge on any atom is -0.353 e. The van der Waals surface area contributed by atoms with Gasteiger partial charge in [0.1, 0.15) is 0 Å². The van der Waals surface area contributed by atoms with E-state index in [1.807, 2.05) is 24.3 Å². The molecule has 4 atom stereocenters. The third kappa shape index (κ3) is 6.71. The lowest BCUT2D eigenvalue weighted by atomic mass is 9.86. The topological polar surface area (TPSA) is 58.2 Å². The molecule has 4 rings (SSSR count). The third-order valence-electron chi connectivity index (χ3n) is 7.89. The second-order valence-electron chi connectivity index (χ2n) is 10.6. The smallest absolute Gasteiger partial charge is 0.224 e. The maximum Gasteiger partial charge on any atom is 0.224 e. The summed E-state index contributed by atoms with van der Waals surface area (Å²) in [7, 11) is 0. The van der Waals surface area contributed by atoms with Crippen molar-refractivity contribution >= 4 is 11.8 Å². The van der Waals surface area contributed by atoms with E-state index in [0.29, 0.717) is 36.8 Å². The predicted molar refractivity (Wildman–Crippen MR) is 138 cm³/mol. The monoisotopic (exact) mass is 460 g/mol. The summed E-state index contributed by atoms with van der Waals surface area (Å²) < 4.78 is 0. The molecule has 2 amide bonds. The molecule has 2 fully saturated rings. The van der Waals surface area contributed by atoms with Crippen LogP contribution in [0.4, 0.5) is 0 Å². The second-order valence-corrected chi connectivity index (χ2v) is 10.6. The first-order valence-electron chi connectivity index (χ1n) is 13.2. The van der Waals surface area contributed by atoms with E-state index in [9.17, 15) is 9.59 Å². The molecule has 4 unspecified atom stereocenters. The summed E-state index contributed by atoms with van der Waals surface area (Å²) in [5.74, 6) is 1.39. The summed E-state index contributed by atoms with van der Waals surface area (Å²) in [6.45, 7) is 4.49. The van der Waals surface area contributed by atoms with Gasteiger partial charge in [0.15, 0.2) is 0 Å². The number of nitrogens with one attached hydrogen (secondary N) is 2. The lowest BCUT2D eigenvalue weighted by Crippen LogP contribution is -2.41. The fraction of sp³-hybridized carbons (Fsp3) is 0.533. The van der Waals surface area contributed by atoms with E-state index >= 15 is 0 Å². The van der Waals surface area contributed by atoms with Gasteiger partial charge < -0.3 is 10.6 Å². The van der Waals surface area contributed by atoms with Gasteiger partial charge in [-0.3, -0.25) is 9.59 Å². The summed E-state index contributed by atoms with van der Waals surface area (Å²) in [6.07, 6.45) is 10.5. The van der Waals surface area contributed by atoms with E-state index in [1.54, 1.807) is 0 Å². The van der Waals surface area contributed by atoms with Crippen LogP contribution in [0.3, 0.4) is 0 Å². The molecule has 0 spiro atoms. The van der Waals surface area contributed by atoms with E-state index in [4.69, 9.17) is 0 Å². The Morgan fingerprint density at radius 3 is 1.32 bits per heavy atom. The fourth-order valence-corrected chi connectivity index (χ4v) is 5.58. The molecule has 2 aromatic carbocycles. The van der Waals surface area contributed by atoms with Gasteiger partial charge in [-0.1, -0.05) is 88.1 Å². The summed E-state index contributed by atoms with van der Waals surface area (Å²) in [4.78, 5) is 25.0. The van der Waals surface area contributed by atoms with E-state index < -0.39 is 0 Å². The normalized spacial score (nSPS) is 24.9. The zero-order valence-electron chi connectivity index (χ0n) is 20.8. The van der Waals surface area contributed by atoms with Crippen molar-refractivity contribution in [1.82, 2.24) is 10.6 Å². The molecular weight excluding hydrogens is 420 g/mol. The Bertz CT molecular complexity index is 871. The lowest BCUT2D eigenvalue weighted by Gasteiger charge is -2.29. The molecule has 182 valence electrons. The molecule has 2 aliphatic carbocycles. The Morgan fingerprint density at radius 2 is 0.971 bits per heavy atom. The molecule has 34 heavy (non-hydrogen) atoms. The largest absolute Gasteiger partial charge is 0.353 e. The van der Waals surface area contributed by atoms with Crippen molar-refractivity contribution < 1.29 is 9.59 Å². The molecule has 2 aromatic rings. The highest BCUT2D eigenvalue weighted by Gasteiger charge is 2.23. The highest BCUT2D eigenvalue weighted by atomic mass is 16.2. The molecular formula is C30H40N2O2. The molecule has 2 aliphatic rings. The van der Waals surface area contributed by atoms with Crippen LogP contribution in [0, 0.1) is 11.8 Å². The molecule has 0 bridgehead atoms. The standard InChI is InChI=1S/C30H40N2O2/c1-21-7-3-5-9-27(21)31-29(33)19-23-11-15-25(16-12-23)26-17-13-24(14-18-26)20-30(34)32-28-10-6-4-8-22(28)2/h11-18,21-22,27-28H,3-10,19-20H2,1-2H3,(H,31,33)(H,32,34). The number of hydrogen-bond acceptors (Lipinski definition) is 2. The van der Waals surface area contributed by atoms with Crippen LogP contribution in [-0.4, -0.2) is 23.9 Å².